The number of aromatic nitrogens is 5. The highest BCUT2D eigenvalue weighted by molar-refractivity contribution is 6.04. The van der Waals surface area contributed by atoms with Crippen molar-refractivity contribution in [1.29, 1.82) is 5.41 Å². The van der Waals surface area contributed by atoms with Crippen molar-refractivity contribution >= 4 is 39.7 Å². The maximum absolute atomic E-state index is 13.3. The lowest BCUT2D eigenvalue weighted by atomic mass is 10.0. The SMILES string of the molecule is N=Cc1cc(-n2nnc3cnc4ccc(-c5cnc(N)c(C(F)(F)F)c5)cc4c32)ccc1N. The van der Waals surface area contributed by atoms with Crippen molar-refractivity contribution in [3.05, 3.63) is 66.0 Å². The molecule has 0 spiro atoms. The van der Waals surface area contributed by atoms with Crippen molar-refractivity contribution in [1.82, 2.24) is 25.0 Å². The number of alkyl halides is 3. The molecule has 2 aromatic carbocycles. The van der Waals surface area contributed by atoms with Gasteiger partial charge in [-0.05, 0) is 42.0 Å². The minimum atomic E-state index is -4.62. The quantitative estimate of drug-likeness (QED) is 0.280. The zero-order valence-corrected chi connectivity index (χ0v) is 16.8. The van der Waals surface area contributed by atoms with Crippen LogP contribution in [-0.4, -0.2) is 31.2 Å². The van der Waals surface area contributed by atoms with Crippen LogP contribution in [0.4, 0.5) is 24.7 Å². The van der Waals surface area contributed by atoms with Gasteiger partial charge in [-0.25, -0.2) is 9.67 Å². The fraction of sp³-hybridized carbons (Fsp3) is 0.0455. The monoisotopic (exact) mass is 448 g/mol. The van der Waals surface area contributed by atoms with Crippen LogP contribution >= 0.6 is 0 Å². The molecule has 0 aliphatic heterocycles. The summed E-state index contributed by atoms with van der Waals surface area (Å²) in [5.74, 6) is -0.580. The molecule has 5 aromatic rings. The molecule has 5 N–H and O–H groups in total. The molecule has 0 radical (unpaired) electrons. The second kappa shape index (κ2) is 7.26. The van der Waals surface area contributed by atoms with Crippen molar-refractivity contribution in [3.63, 3.8) is 0 Å². The van der Waals surface area contributed by atoms with Crippen LogP contribution in [-0.2, 0) is 6.18 Å². The van der Waals surface area contributed by atoms with Crippen LogP contribution in [0, 0.1) is 5.41 Å². The first-order chi connectivity index (χ1) is 15.8. The normalized spacial score (nSPS) is 11.8. The van der Waals surface area contributed by atoms with Gasteiger partial charge >= 0.3 is 6.18 Å². The van der Waals surface area contributed by atoms with Gasteiger partial charge in [-0.15, -0.1) is 5.10 Å². The van der Waals surface area contributed by atoms with E-state index >= 15 is 0 Å². The molecule has 0 saturated carbocycles. The standard InChI is InChI=1S/C22H15F3N8/c23-22(24,25)16-7-13(9-30-21(16)28)11-1-4-18-15(6-11)20-19(10-29-18)31-32-33(20)14-2-3-17(27)12(5-14)8-26/h1-10,26H,27H2,(H2,28,30). The van der Waals surface area contributed by atoms with E-state index in [4.69, 9.17) is 16.9 Å². The predicted octanol–water partition coefficient (Wildman–Crippen LogP) is 4.21. The van der Waals surface area contributed by atoms with Crippen molar-refractivity contribution in [2.45, 2.75) is 6.18 Å². The zero-order valence-electron chi connectivity index (χ0n) is 16.8. The fourth-order valence-electron chi connectivity index (χ4n) is 3.64. The highest BCUT2D eigenvalue weighted by Gasteiger charge is 2.34. The van der Waals surface area contributed by atoms with Gasteiger partial charge in [0.15, 0.2) is 0 Å². The highest BCUT2D eigenvalue weighted by atomic mass is 19.4. The molecular weight excluding hydrogens is 433 g/mol. The van der Waals surface area contributed by atoms with Crippen molar-refractivity contribution < 1.29 is 13.2 Å². The summed E-state index contributed by atoms with van der Waals surface area (Å²) in [6, 6.07) is 11.2. The van der Waals surface area contributed by atoms with E-state index < -0.39 is 17.6 Å². The number of nitrogens with one attached hydrogen (secondary N) is 1. The third-order valence-electron chi connectivity index (χ3n) is 5.30. The van der Waals surface area contributed by atoms with E-state index in [2.05, 4.69) is 20.3 Å². The number of hydrogen-bond donors (Lipinski definition) is 3. The van der Waals surface area contributed by atoms with Gasteiger partial charge < -0.3 is 16.9 Å². The number of anilines is 2. The Labute approximate surface area is 184 Å². The largest absolute Gasteiger partial charge is 0.419 e. The number of rotatable bonds is 3. The second-order valence-electron chi connectivity index (χ2n) is 7.34. The van der Waals surface area contributed by atoms with Crippen LogP contribution in [0.3, 0.4) is 0 Å². The number of halogens is 3. The second-order valence-corrected chi connectivity index (χ2v) is 7.34. The summed E-state index contributed by atoms with van der Waals surface area (Å²) in [6.45, 7) is 0. The van der Waals surface area contributed by atoms with E-state index in [1.54, 1.807) is 47.3 Å². The van der Waals surface area contributed by atoms with Gasteiger partial charge in [-0.2, -0.15) is 13.2 Å². The molecule has 164 valence electrons. The summed E-state index contributed by atoms with van der Waals surface area (Å²) in [6.07, 6.45) is -0.613. The molecule has 0 atom stereocenters. The summed E-state index contributed by atoms with van der Waals surface area (Å²) >= 11 is 0. The molecule has 0 unspecified atom stereocenters. The first-order valence-electron chi connectivity index (χ1n) is 9.64. The van der Waals surface area contributed by atoms with Crippen LogP contribution in [0.2, 0.25) is 0 Å². The number of fused-ring (bicyclic) bond motifs is 3. The lowest BCUT2D eigenvalue weighted by Gasteiger charge is -2.12. The molecule has 11 heteroatoms. The van der Waals surface area contributed by atoms with Gasteiger partial charge in [-0.1, -0.05) is 11.3 Å². The molecule has 33 heavy (non-hydrogen) atoms. The van der Waals surface area contributed by atoms with Crippen LogP contribution in [0.5, 0.6) is 0 Å². The zero-order chi connectivity index (χ0) is 23.3. The first kappa shape index (κ1) is 20.4. The third-order valence-corrected chi connectivity index (χ3v) is 5.30. The Hall–Kier alpha value is -4.54. The number of nitrogens with two attached hydrogens (primary N) is 2. The molecule has 0 aliphatic rings. The average Bonchev–Trinajstić information content (AvgIpc) is 3.23. The minimum Gasteiger partial charge on any atom is -0.398 e. The molecular formula is C22H15F3N8. The summed E-state index contributed by atoms with van der Waals surface area (Å²) in [7, 11) is 0. The van der Waals surface area contributed by atoms with Crippen LogP contribution in [0.1, 0.15) is 11.1 Å². The maximum Gasteiger partial charge on any atom is 0.419 e. The van der Waals surface area contributed by atoms with Gasteiger partial charge in [0.25, 0.3) is 0 Å². The molecule has 3 aromatic heterocycles. The highest BCUT2D eigenvalue weighted by Crippen LogP contribution is 2.36. The Kier molecular flexibility index (Phi) is 4.48. The molecule has 0 aliphatic carbocycles. The van der Waals surface area contributed by atoms with Crippen LogP contribution in [0.25, 0.3) is 38.8 Å². The summed E-state index contributed by atoms with van der Waals surface area (Å²) in [4.78, 5) is 8.11. The lowest BCUT2D eigenvalue weighted by Crippen LogP contribution is -2.10. The van der Waals surface area contributed by atoms with E-state index in [-0.39, 0.29) is 5.56 Å². The average molecular weight is 448 g/mol. The molecule has 8 nitrogen and oxygen atoms in total. The van der Waals surface area contributed by atoms with Gasteiger partial charge in [0, 0.05) is 34.6 Å². The van der Waals surface area contributed by atoms with E-state index in [9.17, 15) is 13.2 Å². The molecule has 0 saturated heterocycles. The maximum atomic E-state index is 13.3. The summed E-state index contributed by atoms with van der Waals surface area (Å²) < 4.78 is 41.5. The minimum absolute atomic E-state index is 0.257. The van der Waals surface area contributed by atoms with E-state index in [0.29, 0.717) is 44.4 Å². The van der Waals surface area contributed by atoms with Crippen LogP contribution in [0.15, 0.2) is 54.9 Å². The number of hydrogen-bond acceptors (Lipinski definition) is 7. The van der Waals surface area contributed by atoms with E-state index in [1.165, 1.54) is 6.20 Å². The fourth-order valence-corrected chi connectivity index (χ4v) is 3.64. The smallest absolute Gasteiger partial charge is 0.398 e. The molecule has 0 fully saturated rings. The summed E-state index contributed by atoms with van der Waals surface area (Å²) in [5, 5.41) is 16.6. The lowest BCUT2D eigenvalue weighted by molar-refractivity contribution is -0.137. The van der Waals surface area contributed by atoms with Gasteiger partial charge in [0.1, 0.15) is 16.9 Å². The summed E-state index contributed by atoms with van der Waals surface area (Å²) in [5.41, 5.74) is 14.4. The number of pyridine rings is 2. The molecule has 0 amide bonds. The van der Waals surface area contributed by atoms with Crippen LogP contribution < -0.4 is 11.5 Å². The van der Waals surface area contributed by atoms with Gasteiger partial charge in [-0.3, -0.25) is 4.98 Å². The Balaban J connectivity index is 1.74. The van der Waals surface area contributed by atoms with Crippen molar-refractivity contribution in [2.75, 3.05) is 11.5 Å². The number of nitrogens with zero attached hydrogens (tertiary/aromatic N) is 5. The predicted molar refractivity (Wildman–Crippen MR) is 119 cm³/mol. The number of nitrogen functional groups attached to an aromatic ring is 2. The van der Waals surface area contributed by atoms with Gasteiger partial charge in [0.2, 0.25) is 0 Å². The van der Waals surface area contributed by atoms with E-state index in [0.717, 1.165) is 12.3 Å². The van der Waals surface area contributed by atoms with Gasteiger partial charge in [0.05, 0.1) is 23.0 Å². The Bertz CT molecular complexity index is 1560. The third kappa shape index (κ3) is 3.39. The number of benzene rings is 2. The first-order valence-corrected chi connectivity index (χ1v) is 9.64. The Morgan fingerprint density at radius 1 is 0.909 bits per heavy atom. The molecule has 3 heterocycles. The Morgan fingerprint density at radius 3 is 2.48 bits per heavy atom. The van der Waals surface area contributed by atoms with E-state index in [1.807, 2.05) is 0 Å². The van der Waals surface area contributed by atoms with Crippen molar-refractivity contribution in [2.24, 2.45) is 0 Å². The van der Waals surface area contributed by atoms with Crippen molar-refractivity contribution in [3.8, 4) is 16.8 Å². The molecule has 5 rings (SSSR count). The molecule has 0 bridgehead atoms. The Morgan fingerprint density at radius 2 is 1.73 bits per heavy atom. The topological polar surface area (TPSA) is 132 Å².